The highest BCUT2D eigenvalue weighted by Gasteiger charge is 2.49. The minimum Gasteiger partial charge on any atom is -0.380 e. The van der Waals surface area contributed by atoms with Gasteiger partial charge in [-0.1, -0.05) is 6.42 Å². The van der Waals surface area contributed by atoms with Crippen molar-refractivity contribution in [3.8, 4) is 0 Å². The first-order valence-electron chi connectivity index (χ1n) is 7.38. The maximum Gasteiger partial charge on any atom is 0.323 e. The largest absolute Gasteiger partial charge is 0.380 e. The molecule has 3 N–H and O–H groups in total. The lowest BCUT2D eigenvalue weighted by molar-refractivity contribution is 0.127. The number of nitrogens with two attached hydrogens (primary N) is 1. The minimum absolute atomic E-state index is 0.102. The van der Waals surface area contributed by atoms with Gasteiger partial charge in [-0.3, -0.25) is 5.32 Å². The molecule has 0 bridgehead atoms. The number of pyridine rings is 1. The van der Waals surface area contributed by atoms with Gasteiger partial charge < -0.3 is 15.4 Å². The molecule has 0 aromatic carbocycles. The van der Waals surface area contributed by atoms with Crippen LogP contribution in [0, 0.1) is 5.41 Å². The third-order valence-corrected chi connectivity index (χ3v) is 4.72. The number of ether oxygens (including phenoxy) is 1. The Bertz CT molecular complexity index is 530. The molecule has 1 unspecified atom stereocenters. The van der Waals surface area contributed by atoms with Crippen molar-refractivity contribution in [3.05, 3.63) is 23.9 Å². The summed E-state index contributed by atoms with van der Waals surface area (Å²) in [6, 6.07) is 3.69. The van der Waals surface area contributed by atoms with Gasteiger partial charge in [0.15, 0.2) is 0 Å². The number of carbonyl (C=O) groups excluding carboxylic acids is 1. The highest BCUT2D eigenvalue weighted by Crippen LogP contribution is 2.47. The van der Waals surface area contributed by atoms with Crippen LogP contribution in [0.4, 0.5) is 10.6 Å². The third-order valence-electron chi connectivity index (χ3n) is 4.72. The molecule has 6 nitrogen and oxygen atoms in total. The average molecular weight is 290 g/mol. The number of methoxy groups -OCH3 is 1. The van der Waals surface area contributed by atoms with E-state index < -0.39 is 0 Å². The summed E-state index contributed by atoms with van der Waals surface area (Å²) in [6.07, 6.45) is 5.18. The average Bonchev–Trinajstić information content (AvgIpc) is 2.77. The van der Waals surface area contributed by atoms with Crippen LogP contribution in [0.1, 0.15) is 24.8 Å². The Kier molecular flexibility index (Phi) is 3.82. The monoisotopic (exact) mass is 290 g/mol. The van der Waals surface area contributed by atoms with E-state index in [1.165, 1.54) is 6.42 Å². The SMILES string of the molecule is COCc1ccnc(NC(=O)N2CC(N)C3(CCC3)C2)c1. The molecule has 1 aromatic rings. The van der Waals surface area contributed by atoms with Gasteiger partial charge in [0, 0.05) is 37.9 Å². The number of hydrogen-bond donors (Lipinski definition) is 2. The fourth-order valence-electron chi connectivity index (χ4n) is 3.30. The first-order valence-corrected chi connectivity index (χ1v) is 7.38. The first kappa shape index (κ1) is 14.3. The zero-order valence-electron chi connectivity index (χ0n) is 12.3. The van der Waals surface area contributed by atoms with Gasteiger partial charge in [0.05, 0.1) is 6.61 Å². The van der Waals surface area contributed by atoms with E-state index in [1.54, 1.807) is 13.3 Å². The molecule has 2 aliphatic rings. The molecule has 1 spiro atoms. The predicted octanol–water partition coefficient (Wildman–Crippen LogP) is 1.57. The molecule has 3 rings (SSSR count). The molecular weight excluding hydrogens is 268 g/mol. The second kappa shape index (κ2) is 5.61. The Hall–Kier alpha value is -1.66. The van der Waals surface area contributed by atoms with Crippen molar-refractivity contribution < 1.29 is 9.53 Å². The molecule has 21 heavy (non-hydrogen) atoms. The molecule has 2 fully saturated rings. The van der Waals surface area contributed by atoms with E-state index in [4.69, 9.17) is 10.5 Å². The van der Waals surface area contributed by atoms with Crippen LogP contribution < -0.4 is 11.1 Å². The molecule has 114 valence electrons. The fourth-order valence-corrected chi connectivity index (χ4v) is 3.30. The summed E-state index contributed by atoms with van der Waals surface area (Å²) in [5, 5.41) is 2.85. The van der Waals surface area contributed by atoms with Gasteiger partial charge in [0.2, 0.25) is 0 Å². The Morgan fingerprint density at radius 3 is 3.05 bits per heavy atom. The van der Waals surface area contributed by atoms with Crippen LogP contribution in [0.5, 0.6) is 0 Å². The first-order chi connectivity index (χ1) is 10.1. The maximum absolute atomic E-state index is 12.3. The van der Waals surface area contributed by atoms with Gasteiger partial charge in [-0.2, -0.15) is 0 Å². The van der Waals surface area contributed by atoms with Crippen LogP contribution in [0.15, 0.2) is 18.3 Å². The second-order valence-corrected chi connectivity index (χ2v) is 6.12. The van der Waals surface area contributed by atoms with Gasteiger partial charge >= 0.3 is 6.03 Å². The Labute approximate surface area is 124 Å². The Morgan fingerprint density at radius 1 is 1.62 bits per heavy atom. The van der Waals surface area contributed by atoms with Gasteiger partial charge in [-0.05, 0) is 30.5 Å². The number of carbonyl (C=O) groups is 1. The number of nitrogens with zero attached hydrogens (tertiary/aromatic N) is 2. The van der Waals surface area contributed by atoms with Crippen molar-refractivity contribution in [2.24, 2.45) is 11.1 Å². The summed E-state index contributed by atoms with van der Waals surface area (Å²) < 4.78 is 5.08. The summed E-state index contributed by atoms with van der Waals surface area (Å²) in [6.45, 7) is 1.89. The van der Waals surface area contributed by atoms with Crippen molar-refractivity contribution in [1.82, 2.24) is 9.88 Å². The number of likely N-dealkylation sites (tertiary alicyclic amines) is 1. The number of rotatable bonds is 3. The summed E-state index contributed by atoms with van der Waals surface area (Å²) in [5.74, 6) is 0.553. The number of aromatic nitrogens is 1. The van der Waals surface area contributed by atoms with Crippen LogP contribution in [0.3, 0.4) is 0 Å². The van der Waals surface area contributed by atoms with Crippen molar-refractivity contribution >= 4 is 11.8 Å². The number of nitrogens with one attached hydrogen (secondary N) is 1. The van der Waals surface area contributed by atoms with E-state index in [0.717, 1.165) is 24.9 Å². The molecule has 0 radical (unpaired) electrons. The van der Waals surface area contributed by atoms with Gasteiger partial charge in [-0.15, -0.1) is 0 Å². The van der Waals surface area contributed by atoms with Crippen LogP contribution >= 0.6 is 0 Å². The van der Waals surface area contributed by atoms with Gasteiger partial charge in [0.1, 0.15) is 5.82 Å². The highest BCUT2D eigenvalue weighted by molar-refractivity contribution is 5.88. The van der Waals surface area contributed by atoms with Crippen LogP contribution in [0.25, 0.3) is 0 Å². The molecular formula is C15H22N4O2. The Morgan fingerprint density at radius 2 is 2.43 bits per heavy atom. The van der Waals surface area contributed by atoms with Crippen LogP contribution in [0.2, 0.25) is 0 Å². The number of amides is 2. The molecule has 1 aliphatic heterocycles. The third kappa shape index (κ3) is 2.73. The van der Waals surface area contributed by atoms with E-state index in [9.17, 15) is 4.79 Å². The standard InChI is InChI=1S/C15H22N4O2/c1-21-9-11-3-6-17-13(7-11)18-14(20)19-8-12(16)15(10-19)4-2-5-15/h3,6-7,12H,2,4-5,8-10,16H2,1H3,(H,17,18,20). The summed E-state index contributed by atoms with van der Waals surface area (Å²) in [7, 11) is 1.64. The topological polar surface area (TPSA) is 80.5 Å². The van der Waals surface area contributed by atoms with E-state index in [2.05, 4.69) is 10.3 Å². The quantitative estimate of drug-likeness (QED) is 0.885. The molecule has 1 saturated carbocycles. The molecule has 2 heterocycles. The van der Waals surface area contributed by atoms with Crippen molar-refractivity contribution in [1.29, 1.82) is 0 Å². The van der Waals surface area contributed by atoms with E-state index in [0.29, 0.717) is 19.0 Å². The number of hydrogen-bond acceptors (Lipinski definition) is 4. The molecule has 1 atom stereocenters. The lowest BCUT2D eigenvalue weighted by atomic mass is 9.66. The minimum atomic E-state index is -0.115. The second-order valence-electron chi connectivity index (χ2n) is 6.12. The molecule has 6 heteroatoms. The van der Waals surface area contributed by atoms with Crippen molar-refractivity contribution in [3.63, 3.8) is 0 Å². The summed E-state index contributed by atoms with van der Waals surface area (Å²) in [4.78, 5) is 18.3. The number of anilines is 1. The zero-order chi connectivity index (χ0) is 14.9. The fraction of sp³-hybridized carbons (Fsp3) is 0.600. The maximum atomic E-state index is 12.3. The van der Waals surface area contributed by atoms with Crippen LogP contribution in [-0.2, 0) is 11.3 Å². The number of urea groups is 1. The van der Waals surface area contributed by atoms with Crippen molar-refractivity contribution in [2.45, 2.75) is 31.9 Å². The molecule has 1 saturated heterocycles. The zero-order valence-corrected chi connectivity index (χ0v) is 12.3. The molecule has 1 aromatic heterocycles. The van der Waals surface area contributed by atoms with Gasteiger partial charge in [-0.25, -0.2) is 9.78 Å². The van der Waals surface area contributed by atoms with Crippen LogP contribution in [-0.4, -0.2) is 42.2 Å². The van der Waals surface area contributed by atoms with E-state index >= 15 is 0 Å². The normalized spacial score (nSPS) is 23.1. The summed E-state index contributed by atoms with van der Waals surface area (Å²) >= 11 is 0. The van der Waals surface area contributed by atoms with Gasteiger partial charge in [0.25, 0.3) is 0 Å². The molecule has 2 amide bonds. The lowest BCUT2D eigenvalue weighted by Gasteiger charge is -2.41. The smallest absolute Gasteiger partial charge is 0.323 e. The predicted molar refractivity (Wildman–Crippen MR) is 79.8 cm³/mol. The highest BCUT2D eigenvalue weighted by atomic mass is 16.5. The molecule has 1 aliphatic carbocycles. The summed E-state index contributed by atoms with van der Waals surface area (Å²) in [5.41, 5.74) is 7.36. The van der Waals surface area contributed by atoms with E-state index in [1.807, 2.05) is 17.0 Å². The Balaban J connectivity index is 1.63. The lowest BCUT2D eigenvalue weighted by Crippen LogP contribution is -2.45. The van der Waals surface area contributed by atoms with E-state index in [-0.39, 0.29) is 17.5 Å². The van der Waals surface area contributed by atoms with Crippen molar-refractivity contribution in [2.75, 3.05) is 25.5 Å².